The van der Waals surface area contributed by atoms with Gasteiger partial charge in [-0.15, -0.1) is 0 Å². The summed E-state index contributed by atoms with van der Waals surface area (Å²) in [7, 11) is 0. The summed E-state index contributed by atoms with van der Waals surface area (Å²) < 4.78 is 4.59. The lowest BCUT2D eigenvalue weighted by Crippen LogP contribution is -1.86. The number of hydrogen-bond acceptors (Lipinski definition) is 5. The van der Waals surface area contributed by atoms with E-state index in [1.165, 1.54) is 11.5 Å². The van der Waals surface area contributed by atoms with Crippen LogP contribution in [0.3, 0.4) is 0 Å². The van der Waals surface area contributed by atoms with Crippen LogP contribution in [-0.2, 0) is 0 Å². The number of halogens is 1. The number of nitrogens with zero attached hydrogens (tertiary/aromatic N) is 4. The number of aromatic nitrogens is 4. The highest BCUT2D eigenvalue weighted by atomic mass is 79.9. The smallest absolute Gasteiger partial charge is 0.209 e. The minimum absolute atomic E-state index is 0.592. The maximum absolute atomic E-state index is 4.19. The van der Waals surface area contributed by atoms with E-state index in [4.69, 9.17) is 0 Å². The van der Waals surface area contributed by atoms with E-state index < -0.39 is 0 Å². The van der Waals surface area contributed by atoms with Crippen molar-refractivity contribution in [3.8, 4) is 10.7 Å². The Labute approximate surface area is 87.4 Å². The molecule has 66 valence electrons. The third kappa shape index (κ3) is 1.89. The standard InChI is InChI=1S/C7H5BrN4S/c1-4-2-10-5(3-9-4)6-11-7(8)12-13-6/h2-3H,1H3. The maximum Gasteiger partial charge on any atom is 0.209 e. The minimum Gasteiger partial charge on any atom is -0.258 e. The number of aryl methyl sites for hydroxylation is 1. The molecule has 0 spiro atoms. The molecule has 0 bridgehead atoms. The summed E-state index contributed by atoms with van der Waals surface area (Å²) in [6, 6.07) is 0. The molecule has 13 heavy (non-hydrogen) atoms. The molecule has 2 aromatic heterocycles. The van der Waals surface area contributed by atoms with Gasteiger partial charge in [-0.2, -0.15) is 4.37 Å². The predicted octanol–water partition coefficient (Wildman–Crippen LogP) is 2.07. The molecule has 2 heterocycles. The largest absolute Gasteiger partial charge is 0.258 e. The molecule has 0 amide bonds. The highest BCUT2D eigenvalue weighted by Crippen LogP contribution is 2.20. The Morgan fingerprint density at radius 1 is 1.31 bits per heavy atom. The van der Waals surface area contributed by atoms with Gasteiger partial charge < -0.3 is 0 Å². The monoisotopic (exact) mass is 256 g/mol. The van der Waals surface area contributed by atoms with Crippen molar-refractivity contribution >= 4 is 27.5 Å². The Bertz CT molecular complexity index is 411. The average molecular weight is 257 g/mol. The Morgan fingerprint density at radius 2 is 2.15 bits per heavy atom. The second-order valence-electron chi connectivity index (χ2n) is 2.41. The first kappa shape index (κ1) is 8.71. The number of rotatable bonds is 1. The van der Waals surface area contributed by atoms with Gasteiger partial charge in [0.05, 0.1) is 11.9 Å². The first-order chi connectivity index (χ1) is 6.25. The summed E-state index contributed by atoms with van der Waals surface area (Å²) in [5.74, 6) is 0. The van der Waals surface area contributed by atoms with Crippen LogP contribution in [-0.4, -0.2) is 19.3 Å². The minimum atomic E-state index is 0.592. The van der Waals surface area contributed by atoms with Crippen molar-refractivity contribution in [1.29, 1.82) is 0 Å². The van der Waals surface area contributed by atoms with E-state index in [1.807, 2.05) is 6.92 Å². The van der Waals surface area contributed by atoms with E-state index >= 15 is 0 Å². The summed E-state index contributed by atoms with van der Waals surface area (Å²) in [5, 5.41) is 0.777. The zero-order valence-corrected chi connectivity index (χ0v) is 9.13. The van der Waals surface area contributed by atoms with Gasteiger partial charge in [-0.1, -0.05) is 0 Å². The average Bonchev–Trinajstić information content (AvgIpc) is 2.53. The Hall–Kier alpha value is -0.880. The van der Waals surface area contributed by atoms with Gasteiger partial charge in [-0.05, 0) is 34.4 Å². The molecular formula is C7H5BrN4S. The zero-order chi connectivity index (χ0) is 9.26. The molecule has 0 fully saturated rings. The molecular weight excluding hydrogens is 252 g/mol. The van der Waals surface area contributed by atoms with Crippen molar-refractivity contribution in [2.24, 2.45) is 0 Å². The molecule has 2 rings (SSSR count). The van der Waals surface area contributed by atoms with Crippen molar-refractivity contribution in [3.63, 3.8) is 0 Å². The molecule has 0 aliphatic carbocycles. The van der Waals surface area contributed by atoms with Crippen molar-refractivity contribution in [1.82, 2.24) is 19.3 Å². The van der Waals surface area contributed by atoms with Crippen LogP contribution < -0.4 is 0 Å². The fourth-order valence-electron chi connectivity index (χ4n) is 0.813. The Balaban J connectivity index is 2.41. The van der Waals surface area contributed by atoms with Gasteiger partial charge in [-0.3, -0.25) is 9.97 Å². The maximum atomic E-state index is 4.19. The third-order valence-corrected chi connectivity index (χ3v) is 2.73. The third-order valence-electron chi connectivity index (χ3n) is 1.40. The van der Waals surface area contributed by atoms with Crippen LogP contribution in [0.2, 0.25) is 0 Å². The van der Waals surface area contributed by atoms with Crippen molar-refractivity contribution < 1.29 is 0 Å². The van der Waals surface area contributed by atoms with Crippen molar-refractivity contribution in [2.45, 2.75) is 6.92 Å². The number of hydrogen-bond donors (Lipinski definition) is 0. The van der Waals surface area contributed by atoms with Crippen LogP contribution >= 0.6 is 27.5 Å². The van der Waals surface area contributed by atoms with E-state index in [0.29, 0.717) is 4.73 Å². The predicted molar refractivity (Wildman–Crippen MR) is 53.4 cm³/mol. The van der Waals surface area contributed by atoms with E-state index in [0.717, 1.165) is 16.4 Å². The van der Waals surface area contributed by atoms with E-state index in [1.54, 1.807) is 12.4 Å². The molecule has 0 radical (unpaired) electrons. The molecule has 0 saturated heterocycles. The van der Waals surface area contributed by atoms with Gasteiger partial charge in [0.1, 0.15) is 5.69 Å². The van der Waals surface area contributed by atoms with Crippen molar-refractivity contribution in [2.75, 3.05) is 0 Å². The second kappa shape index (κ2) is 3.47. The molecule has 0 aromatic carbocycles. The lowest BCUT2D eigenvalue weighted by atomic mass is 10.4. The lowest BCUT2D eigenvalue weighted by Gasteiger charge is -1.93. The highest BCUT2D eigenvalue weighted by molar-refractivity contribution is 9.10. The van der Waals surface area contributed by atoms with Gasteiger partial charge in [0, 0.05) is 6.20 Å². The Morgan fingerprint density at radius 3 is 2.69 bits per heavy atom. The van der Waals surface area contributed by atoms with Crippen LogP contribution in [0.15, 0.2) is 17.1 Å². The summed E-state index contributed by atoms with van der Waals surface area (Å²) in [6.45, 7) is 1.90. The molecule has 4 nitrogen and oxygen atoms in total. The fourth-order valence-corrected chi connectivity index (χ4v) is 1.85. The lowest BCUT2D eigenvalue weighted by molar-refractivity contribution is 1.11. The first-order valence-electron chi connectivity index (χ1n) is 3.54. The van der Waals surface area contributed by atoms with Crippen LogP contribution in [0.25, 0.3) is 10.7 Å². The summed E-state index contributed by atoms with van der Waals surface area (Å²) in [6.07, 6.45) is 3.41. The van der Waals surface area contributed by atoms with Gasteiger partial charge in [0.25, 0.3) is 0 Å². The summed E-state index contributed by atoms with van der Waals surface area (Å²) in [5.41, 5.74) is 1.65. The normalized spacial score (nSPS) is 10.3. The Kier molecular flexibility index (Phi) is 2.32. The summed E-state index contributed by atoms with van der Waals surface area (Å²) >= 11 is 4.48. The van der Waals surface area contributed by atoms with Crippen LogP contribution in [0.4, 0.5) is 0 Å². The SMILES string of the molecule is Cc1cnc(-c2nc(Br)ns2)cn1. The van der Waals surface area contributed by atoms with Gasteiger partial charge in [0.2, 0.25) is 4.73 Å². The van der Waals surface area contributed by atoms with Gasteiger partial charge >= 0.3 is 0 Å². The van der Waals surface area contributed by atoms with Gasteiger partial charge in [0.15, 0.2) is 5.01 Å². The van der Waals surface area contributed by atoms with Gasteiger partial charge in [-0.25, -0.2) is 4.98 Å². The molecule has 6 heteroatoms. The highest BCUT2D eigenvalue weighted by Gasteiger charge is 2.05. The molecule has 0 N–H and O–H groups in total. The van der Waals surface area contributed by atoms with E-state index in [2.05, 4.69) is 35.3 Å². The fraction of sp³-hybridized carbons (Fsp3) is 0.143. The van der Waals surface area contributed by atoms with Crippen LogP contribution in [0.5, 0.6) is 0 Å². The van der Waals surface area contributed by atoms with E-state index in [-0.39, 0.29) is 0 Å². The molecule has 0 atom stereocenters. The summed E-state index contributed by atoms with van der Waals surface area (Å²) in [4.78, 5) is 12.4. The molecule has 0 aliphatic heterocycles. The quantitative estimate of drug-likeness (QED) is 0.784. The van der Waals surface area contributed by atoms with Crippen LogP contribution in [0.1, 0.15) is 5.69 Å². The van der Waals surface area contributed by atoms with Crippen molar-refractivity contribution in [3.05, 3.63) is 22.8 Å². The molecule has 0 aliphatic rings. The topological polar surface area (TPSA) is 51.6 Å². The van der Waals surface area contributed by atoms with Crippen LogP contribution in [0, 0.1) is 6.92 Å². The van der Waals surface area contributed by atoms with E-state index in [9.17, 15) is 0 Å². The molecule has 0 saturated carbocycles. The first-order valence-corrected chi connectivity index (χ1v) is 5.10. The molecule has 0 unspecified atom stereocenters. The molecule has 2 aromatic rings. The second-order valence-corrected chi connectivity index (χ2v) is 3.87. The zero-order valence-electron chi connectivity index (χ0n) is 6.73.